The number of pyridine rings is 1. The minimum Gasteiger partial charge on any atom is -0.473 e. The first kappa shape index (κ1) is 13.5. The highest BCUT2D eigenvalue weighted by Crippen LogP contribution is 2.32. The minimum atomic E-state index is -0.657. The van der Waals surface area contributed by atoms with Crippen LogP contribution in [0, 0.1) is 6.92 Å². The third-order valence-electron chi connectivity index (χ3n) is 3.43. The van der Waals surface area contributed by atoms with E-state index in [1.54, 1.807) is 6.92 Å². The van der Waals surface area contributed by atoms with Crippen LogP contribution in [0.3, 0.4) is 0 Å². The number of esters is 1. The molecule has 0 N–H and O–H groups in total. The number of hydrogen-bond donors (Lipinski definition) is 0. The quantitative estimate of drug-likeness (QED) is 0.813. The van der Waals surface area contributed by atoms with Crippen LogP contribution < -0.4 is 0 Å². The number of rotatable bonds is 3. The number of fused-ring (bicyclic) bond motifs is 1. The number of nitrogens with zero attached hydrogens (tertiary/aromatic N) is 2. The van der Waals surface area contributed by atoms with Crippen LogP contribution in [0.4, 0.5) is 0 Å². The van der Waals surface area contributed by atoms with Crippen molar-refractivity contribution in [3.05, 3.63) is 41.6 Å². The monoisotopic (exact) mass is 284 g/mol. The first-order chi connectivity index (χ1) is 10.2. The zero-order valence-electron chi connectivity index (χ0n) is 11.9. The van der Waals surface area contributed by atoms with Gasteiger partial charge in [0.15, 0.2) is 18.5 Å². The number of ether oxygens (including phenoxy) is 2. The highest BCUT2D eigenvalue weighted by atomic mass is 16.5. The molecule has 0 fully saturated rings. The number of carbonyl (C=O) groups is 1. The van der Waals surface area contributed by atoms with Gasteiger partial charge >= 0.3 is 5.97 Å². The predicted molar refractivity (Wildman–Crippen MR) is 79.2 cm³/mol. The second-order valence-corrected chi connectivity index (χ2v) is 4.88. The number of benzene rings is 1. The van der Waals surface area contributed by atoms with Gasteiger partial charge in [-0.3, -0.25) is 4.98 Å². The second-order valence-electron chi connectivity index (χ2n) is 4.88. The predicted octanol–water partition coefficient (Wildman–Crippen LogP) is 2.57. The van der Waals surface area contributed by atoms with Gasteiger partial charge in [-0.05, 0) is 26.0 Å². The molecule has 1 aromatic heterocycles. The van der Waals surface area contributed by atoms with Crippen molar-refractivity contribution in [2.75, 3.05) is 6.61 Å². The molecule has 2 heterocycles. The summed E-state index contributed by atoms with van der Waals surface area (Å²) in [6.07, 6.45) is 0.868. The lowest BCUT2D eigenvalue weighted by atomic mass is 9.98. The fourth-order valence-electron chi connectivity index (χ4n) is 2.55. The molecule has 0 amide bonds. The van der Waals surface area contributed by atoms with Gasteiger partial charge < -0.3 is 9.47 Å². The highest BCUT2D eigenvalue weighted by molar-refractivity contribution is 5.86. The lowest BCUT2D eigenvalue weighted by Crippen LogP contribution is -2.26. The van der Waals surface area contributed by atoms with E-state index in [1.165, 1.54) is 6.40 Å². The van der Waals surface area contributed by atoms with Gasteiger partial charge in [0.25, 0.3) is 0 Å². The molecule has 1 aliphatic rings. The average Bonchev–Trinajstić information content (AvgIpc) is 2.96. The Morgan fingerprint density at radius 2 is 2.19 bits per heavy atom. The van der Waals surface area contributed by atoms with E-state index in [4.69, 9.17) is 9.47 Å². The van der Waals surface area contributed by atoms with Crippen molar-refractivity contribution < 1.29 is 14.3 Å². The van der Waals surface area contributed by atoms with Gasteiger partial charge in [-0.2, -0.15) is 0 Å². The Morgan fingerprint density at radius 1 is 1.38 bits per heavy atom. The van der Waals surface area contributed by atoms with Crippen LogP contribution >= 0.6 is 0 Å². The summed E-state index contributed by atoms with van der Waals surface area (Å²) in [5, 5.41) is 0.966. The van der Waals surface area contributed by atoms with Gasteiger partial charge in [0.1, 0.15) is 0 Å². The standard InChI is InChI=1S/C16H16N2O3/c1-3-20-16(19)14-15(21-9-17-14)12-8-10(2)18-13-7-5-4-6-11(12)13/h4-9,14-15H,3H2,1-2H3. The fourth-order valence-corrected chi connectivity index (χ4v) is 2.55. The molecule has 0 radical (unpaired) electrons. The highest BCUT2D eigenvalue weighted by Gasteiger charge is 2.36. The van der Waals surface area contributed by atoms with Crippen molar-refractivity contribution >= 4 is 23.3 Å². The van der Waals surface area contributed by atoms with E-state index in [2.05, 4.69) is 9.98 Å². The second kappa shape index (κ2) is 5.52. The molecule has 5 nitrogen and oxygen atoms in total. The Balaban J connectivity index is 2.05. The number of hydrogen-bond acceptors (Lipinski definition) is 5. The molecule has 0 spiro atoms. The van der Waals surface area contributed by atoms with Crippen LogP contribution in [0.15, 0.2) is 35.3 Å². The summed E-state index contributed by atoms with van der Waals surface area (Å²) < 4.78 is 10.6. The molecule has 0 aliphatic carbocycles. The molecule has 0 saturated heterocycles. The summed E-state index contributed by atoms with van der Waals surface area (Å²) in [7, 11) is 0. The van der Waals surface area contributed by atoms with Gasteiger partial charge in [-0.25, -0.2) is 9.79 Å². The Kier molecular flexibility index (Phi) is 3.56. The molecule has 5 heteroatoms. The summed E-state index contributed by atoms with van der Waals surface area (Å²) >= 11 is 0. The van der Waals surface area contributed by atoms with E-state index in [0.717, 1.165) is 22.2 Å². The Labute approximate surface area is 122 Å². The molecular weight excluding hydrogens is 268 g/mol. The molecule has 2 aromatic rings. The molecule has 2 unspecified atom stereocenters. The summed E-state index contributed by atoms with van der Waals surface area (Å²) in [4.78, 5) is 20.6. The molecule has 108 valence electrons. The Hall–Kier alpha value is -2.43. The number of aryl methyl sites for hydroxylation is 1. The summed E-state index contributed by atoms with van der Waals surface area (Å²) in [6.45, 7) is 4.03. The molecule has 1 aromatic carbocycles. The third kappa shape index (κ3) is 2.46. The molecule has 0 saturated carbocycles. The van der Waals surface area contributed by atoms with E-state index in [-0.39, 0.29) is 5.97 Å². The Bertz CT molecular complexity index is 712. The zero-order valence-corrected chi connectivity index (χ0v) is 11.9. The normalized spacial score (nSPS) is 20.5. The van der Waals surface area contributed by atoms with Crippen LogP contribution in [0.25, 0.3) is 10.9 Å². The van der Waals surface area contributed by atoms with Crippen molar-refractivity contribution in [3.8, 4) is 0 Å². The maximum absolute atomic E-state index is 12.0. The van der Waals surface area contributed by atoms with E-state index in [0.29, 0.717) is 6.61 Å². The van der Waals surface area contributed by atoms with Crippen LogP contribution in [0.1, 0.15) is 24.3 Å². The van der Waals surface area contributed by atoms with Gasteiger partial charge in [0, 0.05) is 16.6 Å². The lowest BCUT2D eigenvalue weighted by Gasteiger charge is -2.18. The smallest absolute Gasteiger partial charge is 0.335 e. The summed E-state index contributed by atoms with van der Waals surface area (Å²) in [5.41, 5.74) is 2.67. The molecule has 21 heavy (non-hydrogen) atoms. The Morgan fingerprint density at radius 3 is 3.00 bits per heavy atom. The van der Waals surface area contributed by atoms with E-state index < -0.39 is 12.1 Å². The van der Waals surface area contributed by atoms with Gasteiger partial charge in [-0.1, -0.05) is 18.2 Å². The van der Waals surface area contributed by atoms with Crippen molar-refractivity contribution in [3.63, 3.8) is 0 Å². The van der Waals surface area contributed by atoms with Crippen molar-refractivity contribution in [2.45, 2.75) is 26.0 Å². The third-order valence-corrected chi connectivity index (χ3v) is 3.43. The van der Waals surface area contributed by atoms with E-state index >= 15 is 0 Å². The van der Waals surface area contributed by atoms with Crippen molar-refractivity contribution in [1.82, 2.24) is 4.98 Å². The zero-order chi connectivity index (χ0) is 14.8. The first-order valence-electron chi connectivity index (χ1n) is 6.90. The van der Waals surface area contributed by atoms with Crippen molar-refractivity contribution in [2.24, 2.45) is 4.99 Å². The minimum absolute atomic E-state index is 0.327. The van der Waals surface area contributed by atoms with Gasteiger partial charge in [-0.15, -0.1) is 0 Å². The molecule has 2 atom stereocenters. The van der Waals surface area contributed by atoms with E-state index in [9.17, 15) is 4.79 Å². The largest absolute Gasteiger partial charge is 0.473 e. The summed E-state index contributed by atoms with van der Waals surface area (Å²) in [6, 6.07) is 9.08. The molecule has 1 aliphatic heterocycles. The number of carbonyl (C=O) groups excluding carboxylic acids is 1. The molecular formula is C16H16N2O3. The maximum atomic E-state index is 12.0. The fraction of sp³-hybridized carbons (Fsp3) is 0.312. The topological polar surface area (TPSA) is 60.8 Å². The van der Waals surface area contributed by atoms with Crippen molar-refractivity contribution in [1.29, 1.82) is 0 Å². The van der Waals surface area contributed by atoms with Gasteiger partial charge in [0.2, 0.25) is 0 Å². The summed E-state index contributed by atoms with van der Waals surface area (Å²) in [5.74, 6) is -0.366. The van der Waals surface area contributed by atoms with Gasteiger partial charge in [0.05, 0.1) is 12.1 Å². The molecule has 3 rings (SSSR count). The van der Waals surface area contributed by atoms with Crippen LogP contribution in [-0.4, -0.2) is 30.0 Å². The molecule has 0 bridgehead atoms. The van der Waals surface area contributed by atoms with Crippen LogP contribution in [-0.2, 0) is 14.3 Å². The lowest BCUT2D eigenvalue weighted by molar-refractivity contribution is -0.146. The van der Waals surface area contributed by atoms with Crippen LogP contribution in [0.2, 0.25) is 0 Å². The average molecular weight is 284 g/mol. The SMILES string of the molecule is CCOC(=O)C1N=COC1c1cc(C)nc2ccccc12. The van der Waals surface area contributed by atoms with E-state index in [1.807, 2.05) is 37.3 Å². The number of aromatic nitrogens is 1. The first-order valence-corrected chi connectivity index (χ1v) is 6.90. The number of aliphatic imine (C=N–C) groups is 1. The van der Waals surface area contributed by atoms with Crippen LogP contribution in [0.5, 0.6) is 0 Å². The number of para-hydroxylation sites is 1. The maximum Gasteiger partial charge on any atom is 0.335 e.